The molecule has 0 spiro atoms. The molecule has 1 unspecified atom stereocenters. The molecule has 1 fully saturated rings. The van der Waals surface area contributed by atoms with Gasteiger partial charge in [-0.3, -0.25) is 4.79 Å². The molecule has 6 heteroatoms. The Kier molecular flexibility index (Phi) is 10.8. The molecule has 1 aliphatic rings. The molecule has 1 rings (SSSR count). The number of rotatable bonds is 6. The van der Waals surface area contributed by atoms with Crippen molar-refractivity contribution in [3.63, 3.8) is 0 Å². The number of carbonyl (C=O) groups is 1. The van der Waals surface area contributed by atoms with Crippen molar-refractivity contribution in [1.29, 1.82) is 0 Å². The summed E-state index contributed by atoms with van der Waals surface area (Å²) in [6.45, 7) is 4.80. The van der Waals surface area contributed by atoms with Gasteiger partial charge in [-0.05, 0) is 13.0 Å². The lowest BCUT2D eigenvalue weighted by Crippen LogP contribution is -2.39. The summed E-state index contributed by atoms with van der Waals surface area (Å²) in [6, 6.07) is 0. The van der Waals surface area contributed by atoms with Gasteiger partial charge in [-0.2, -0.15) is 11.8 Å². The Morgan fingerprint density at radius 3 is 2.75 bits per heavy atom. The van der Waals surface area contributed by atoms with Crippen molar-refractivity contribution < 1.29 is 4.79 Å². The third-order valence-corrected chi connectivity index (χ3v) is 4.89. The first-order chi connectivity index (χ1) is 7.34. The van der Waals surface area contributed by atoms with Gasteiger partial charge in [0, 0.05) is 30.3 Å². The highest BCUT2D eigenvalue weighted by Crippen LogP contribution is 2.23. The zero-order valence-electron chi connectivity index (χ0n) is 9.66. The van der Waals surface area contributed by atoms with E-state index in [0.29, 0.717) is 0 Å². The Bertz CT molecular complexity index is 190. The minimum absolute atomic E-state index is 0. The summed E-state index contributed by atoms with van der Waals surface area (Å²) >= 11 is 3.67. The van der Waals surface area contributed by atoms with E-state index >= 15 is 0 Å². The first-order valence-electron chi connectivity index (χ1n) is 5.52. The van der Waals surface area contributed by atoms with E-state index in [1.165, 1.54) is 5.75 Å². The standard InChI is InChI=1S/C10H20N2OS2.ClH/c1-2-3-11-4-5-12-10(13)9-8-14-6-7-15-9;/h9,11H,2-8H2,1H3,(H,12,13);1H. The van der Waals surface area contributed by atoms with Crippen LogP contribution in [0.15, 0.2) is 0 Å². The molecule has 96 valence electrons. The second-order valence-electron chi connectivity index (χ2n) is 3.48. The van der Waals surface area contributed by atoms with Crippen LogP contribution in [0.2, 0.25) is 0 Å². The highest BCUT2D eigenvalue weighted by atomic mass is 35.5. The molecule has 0 bridgehead atoms. The van der Waals surface area contributed by atoms with Crippen LogP contribution in [0.5, 0.6) is 0 Å². The van der Waals surface area contributed by atoms with Crippen LogP contribution in [0.25, 0.3) is 0 Å². The Morgan fingerprint density at radius 2 is 2.12 bits per heavy atom. The van der Waals surface area contributed by atoms with E-state index < -0.39 is 0 Å². The largest absolute Gasteiger partial charge is 0.354 e. The Hall–Kier alpha value is 0.420. The molecule has 1 amide bonds. The summed E-state index contributed by atoms with van der Waals surface area (Å²) in [4.78, 5) is 11.7. The van der Waals surface area contributed by atoms with Crippen LogP contribution in [0, 0.1) is 0 Å². The van der Waals surface area contributed by atoms with Crippen LogP contribution in [-0.2, 0) is 4.79 Å². The second kappa shape index (κ2) is 10.6. The van der Waals surface area contributed by atoms with E-state index in [2.05, 4.69) is 17.6 Å². The molecule has 0 aromatic carbocycles. The molecule has 16 heavy (non-hydrogen) atoms. The predicted octanol–water partition coefficient (Wildman–Crippen LogP) is 1.37. The third-order valence-electron chi connectivity index (χ3n) is 2.14. The van der Waals surface area contributed by atoms with Gasteiger partial charge in [0.15, 0.2) is 0 Å². The monoisotopic (exact) mass is 284 g/mol. The van der Waals surface area contributed by atoms with Crippen molar-refractivity contribution in [2.75, 3.05) is 36.9 Å². The van der Waals surface area contributed by atoms with Crippen LogP contribution in [0.3, 0.4) is 0 Å². The maximum Gasteiger partial charge on any atom is 0.234 e. The average Bonchev–Trinajstić information content (AvgIpc) is 2.30. The first kappa shape index (κ1) is 16.4. The van der Waals surface area contributed by atoms with E-state index in [1.54, 1.807) is 11.8 Å². The molecule has 0 radical (unpaired) electrons. The van der Waals surface area contributed by atoms with Crippen molar-refractivity contribution >= 4 is 41.8 Å². The molecule has 0 aliphatic carbocycles. The molecule has 3 nitrogen and oxygen atoms in total. The zero-order chi connectivity index (χ0) is 10.9. The second-order valence-corrected chi connectivity index (χ2v) is 5.94. The lowest BCUT2D eigenvalue weighted by atomic mass is 10.4. The number of amides is 1. The van der Waals surface area contributed by atoms with Gasteiger partial charge in [0.05, 0.1) is 5.25 Å². The molecule has 1 saturated heterocycles. The van der Waals surface area contributed by atoms with Gasteiger partial charge < -0.3 is 10.6 Å². The number of carbonyl (C=O) groups excluding carboxylic acids is 1. The highest BCUT2D eigenvalue weighted by Gasteiger charge is 2.21. The fourth-order valence-electron chi connectivity index (χ4n) is 1.33. The topological polar surface area (TPSA) is 41.1 Å². The molecule has 1 atom stereocenters. The molecule has 2 N–H and O–H groups in total. The highest BCUT2D eigenvalue weighted by molar-refractivity contribution is 8.07. The summed E-state index contributed by atoms with van der Waals surface area (Å²) in [5, 5.41) is 6.42. The van der Waals surface area contributed by atoms with Crippen molar-refractivity contribution in [3.05, 3.63) is 0 Å². The van der Waals surface area contributed by atoms with Gasteiger partial charge in [-0.15, -0.1) is 24.2 Å². The maximum atomic E-state index is 11.7. The summed E-state index contributed by atoms with van der Waals surface area (Å²) in [5.74, 6) is 3.48. The summed E-state index contributed by atoms with van der Waals surface area (Å²) < 4.78 is 0. The zero-order valence-corrected chi connectivity index (χ0v) is 12.1. The average molecular weight is 285 g/mol. The molecular weight excluding hydrogens is 264 g/mol. The summed E-state index contributed by atoms with van der Waals surface area (Å²) in [7, 11) is 0. The fourth-order valence-corrected chi connectivity index (χ4v) is 3.91. The van der Waals surface area contributed by atoms with Crippen LogP contribution < -0.4 is 10.6 Å². The number of thioether (sulfide) groups is 2. The molecule has 1 aliphatic heterocycles. The van der Waals surface area contributed by atoms with Crippen molar-refractivity contribution in [2.24, 2.45) is 0 Å². The minimum Gasteiger partial charge on any atom is -0.354 e. The summed E-state index contributed by atoms with van der Waals surface area (Å²) in [5.41, 5.74) is 0. The first-order valence-corrected chi connectivity index (χ1v) is 7.72. The minimum atomic E-state index is 0. The molecule has 0 aromatic rings. The number of halogens is 1. The van der Waals surface area contributed by atoms with Gasteiger partial charge in [-0.1, -0.05) is 6.92 Å². The van der Waals surface area contributed by atoms with Crippen molar-refractivity contribution in [1.82, 2.24) is 10.6 Å². The van der Waals surface area contributed by atoms with Crippen molar-refractivity contribution in [2.45, 2.75) is 18.6 Å². The van der Waals surface area contributed by atoms with E-state index in [0.717, 1.165) is 37.6 Å². The van der Waals surface area contributed by atoms with Gasteiger partial charge in [0.25, 0.3) is 0 Å². The van der Waals surface area contributed by atoms with E-state index in [-0.39, 0.29) is 23.6 Å². The third kappa shape index (κ3) is 6.89. The van der Waals surface area contributed by atoms with Crippen molar-refractivity contribution in [3.8, 4) is 0 Å². The lowest BCUT2D eigenvalue weighted by molar-refractivity contribution is -0.120. The van der Waals surface area contributed by atoms with E-state index in [4.69, 9.17) is 0 Å². The SMILES string of the molecule is CCCNCCNC(=O)C1CSCCS1.Cl. The quantitative estimate of drug-likeness (QED) is 0.723. The van der Waals surface area contributed by atoms with Gasteiger partial charge in [0.1, 0.15) is 0 Å². The number of hydrogen-bond acceptors (Lipinski definition) is 4. The van der Waals surface area contributed by atoms with Crippen LogP contribution >= 0.6 is 35.9 Å². The fraction of sp³-hybridized carbons (Fsp3) is 0.900. The van der Waals surface area contributed by atoms with Crippen LogP contribution in [0.4, 0.5) is 0 Å². The number of nitrogens with one attached hydrogen (secondary N) is 2. The smallest absolute Gasteiger partial charge is 0.234 e. The Labute approximate surface area is 113 Å². The van der Waals surface area contributed by atoms with Crippen LogP contribution in [0.1, 0.15) is 13.3 Å². The Morgan fingerprint density at radius 1 is 1.31 bits per heavy atom. The molecule has 0 saturated carbocycles. The summed E-state index contributed by atoms with van der Waals surface area (Å²) in [6.07, 6.45) is 1.14. The predicted molar refractivity (Wildman–Crippen MR) is 77.0 cm³/mol. The number of hydrogen-bond donors (Lipinski definition) is 2. The maximum absolute atomic E-state index is 11.7. The van der Waals surface area contributed by atoms with E-state index in [9.17, 15) is 4.79 Å². The molecular formula is C10H21ClN2OS2. The van der Waals surface area contributed by atoms with Crippen LogP contribution in [-0.4, -0.2) is 48.0 Å². The van der Waals surface area contributed by atoms with E-state index in [1.807, 2.05) is 11.8 Å². The van der Waals surface area contributed by atoms with Gasteiger partial charge in [0.2, 0.25) is 5.91 Å². The molecule has 0 aromatic heterocycles. The van der Waals surface area contributed by atoms with Gasteiger partial charge >= 0.3 is 0 Å². The lowest BCUT2D eigenvalue weighted by Gasteiger charge is -2.20. The Balaban J connectivity index is 0.00000225. The molecule has 1 heterocycles. The van der Waals surface area contributed by atoms with Gasteiger partial charge in [-0.25, -0.2) is 0 Å². The normalized spacial score (nSPS) is 19.9.